The Bertz CT molecular complexity index is 574. The molecule has 0 atom stereocenters. The SMILES string of the molecule is CCNc1nc(-c2cncc(Br)c2)nc(C)c1F. The zero-order valence-electron chi connectivity index (χ0n) is 10.0. The Morgan fingerprint density at radius 2 is 2.11 bits per heavy atom. The molecule has 4 nitrogen and oxygen atoms in total. The van der Waals surface area contributed by atoms with Crippen molar-refractivity contribution in [2.75, 3.05) is 11.9 Å². The van der Waals surface area contributed by atoms with Crippen LogP contribution in [0.4, 0.5) is 10.2 Å². The fourth-order valence-electron chi connectivity index (χ4n) is 1.51. The average molecular weight is 311 g/mol. The Hall–Kier alpha value is -1.56. The Kier molecular flexibility index (Phi) is 3.86. The van der Waals surface area contributed by atoms with E-state index in [9.17, 15) is 4.39 Å². The van der Waals surface area contributed by atoms with Crippen molar-refractivity contribution in [3.8, 4) is 11.4 Å². The summed E-state index contributed by atoms with van der Waals surface area (Å²) in [5, 5.41) is 2.88. The van der Waals surface area contributed by atoms with Crippen LogP contribution in [0.15, 0.2) is 22.9 Å². The summed E-state index contributed by atoms with van der Waals surface area (Å²) < 4.78 is 14.6. The molecule has 0 fully saturated rings. The topological polar surface area (TPSA) is 50.7 Å². The Balaban J connectivity index is 2.51. The number of aryl methyl sites for hydroxylation is 1. The molecule has 0 radical (unpaired) electrons. The quantitative estimate of drug-likeness (QED) is 0.946. The summed E-state index contributed by atoms with van der Waals surface area (Å²) in [6.07, 6.45) is 3.32. The minimum atomic E-state index is -0.413. The maximum absolute atomic E-state index is 13.8. The Morgan fingerprint density at radius 3 is 2.78 bits per heavy atom. The van der Waals surface area contributed by atoms with E-state index < -0.39 is 5.82 Å². The Labute approximate surface area is 113 Å². The molecular weight excluding hydrogens is 299 g/mol. The second-order valence-electron chi connectivity index (χ2n) is 3.72. The molecule has 0 saturated carbocycles. The van der Waals surface area contributed by atoms with Gasteiger partial charge >= 0.3 is 0 Å². The number of pyridine rings is 1. The summed E-state index contributed by atoms with van der Waals surface area (Å²) in [5.74, 6) is 0.266. The van der Waals surface area contributed by atoms with Gasteiger partial charge in [-0.2, -0.15) is 0 Å². The van der Waals surface area contributed by atoms with E-state index in [1.807, 2.05) is 13.0 Å². The standard InChI is InChI=1S/C12H12BrFN4/c1-3-16-12-10(14)7(2)17-11(18-12)8-4-9(13)6-15-5-8/h4-6H,3H2,1-2H3,(H,16,17,18). The van der Waals surface area contributed by atoms with Crippen LogP contribution in [0.1, 0.15) is 12.6 Å². The number of anilines is 1. The molecular formula is C12H12BrFN4. The summed E-state index contributed by atoms with van der Waals surface area (Å²) in [5.41, 5.74) is 1.06. The first-order chi connectivity index (χ1) is 8.61. The predicted molar refractivity (Wildman–Crippen MR) is 71.8 cm³/mol. The summed E-state index contributed by atoms with van der Waals surface area (Å²) in [6, 6.07) is 1.84. The molecule has 0 saturated heterocycles. The highest BCUT2D eigenvalue weighted by Gasteiger charge is 2.12. The van der Waals surface area contributed by atoms with Crippen LogP contribution in [0, 0.1) is 12.7 Å². The highest BCUT2D eigenvalue weighted by atomic mass is 79.9. The van der Waals surface area contributed by atoms with Gasteiger partial charge in [0.25, 0.3) is 0 Å². The number of nitrogens with one attached hydrogen (secondary N) is 1. The highest BCUT2D eigenvalue weighted by Crippen LogP contribution is 2.22. The number of nitrogens with zero attached hydrogens (tertiary/aromatic N) is 3. The van der Waals surface area contributed by atoms with Crippen LogP contribution in [0.2, 0.25) is 0 Å². The molecule has 0 unspecified atom stereocenters. The van der Waals surface area contributed by atoms with E-state index >= 15 is 0 Å². The normalized spacial score (nSPS) is 10.4. The van der Waals surface area contributed by atoms with Crippen LogP contribution < -0.4 is 5.32 Å². The maximum Gasteiger partial charge on any atom is 0.186 e. The molecule has 0 aliphatic rings. The van der Waals surface area contributed by atoms with Crippen LogP contribution in [-0.4, -0.2) is 21.5 Å². The molecule has 0 amide bonds. The lowest BCUT2D eigenvalue weighted by Crippen LogP contribution is -2.06. The smallest absolute Gasteiger partial charge is 0.186 e. The van der Waals surface area contributed by atoms with Crippen molar-refractivity contribution >= 4 is 21.7 Å². The number of hydrogen-bond donors (Lipinski definition) is 1. The lowest BCUT2D eigenvalue weighted by Gasteiger charge is -2.08. The molecule has 2 aromatic rings. The first kappa shape index (κ1) is 12.9. The average Bonchev–Trinajstić information content (AvgIpc) is 2.35. The summed E-state index contributed by atoms with van der Waals surface area (Å²) in [4.78, 5) is 12.4. The first-order valence-electron chi connectivity index (χ1n) is 5.50. The van der Waals surface area contributed by atoms with Gasteiger partial charge in [0.1, 0.15) is 0 Å². The highest BCUT2D eigenvalue weighted by molar-refractivity contribution is 9.10. The monoisotopic (exact) mass is 310 g/mol. The molecule has 1 N–H and O–H groups in total. The molecule has 0 spiro atoms. The summed E-state index contributed by atoms with van der Waals surface area (Å²) in [6.45, 7) is 4.10. The van der Waals surface area contributed by atoms with Crippen molar-refractivity contribution in [2.24, 2.45) is 0 Å². The van der Waals surface area contributed by atoms with Crippen LogP contribution in [-0.2, 0) is 0 Å². The van der Waals surface area contributed by atoms with Crippen LogP contribution >= 0.6 is 15.9 Å². The zero-order chi connectivity index (χ0) is 13.1. The van der Waals surface area contributed by atoms with E-state index in [-0.39, 0.29) is 5.82 Å². The molecule has 0 aliphatic heterocycles. The fraction of sp³-hybridized carbons (Fsp3) is 0.250. The maximum atomic E-state index is 13.8. The van der Waals surface area contributed by atoms with Crippen LogP contribution in [0.3, 0.4) is 0 Å². The van der Waals surface area contributed by atoms with Gasteiger partial charge in [0.15, 0.2) is 17.5 Å². The number of halogens is 2. The molecule has 2 aromatic heterocycles. The summed E-state index contributed by atoms with van der Waals surface area (Å²) in [7, 11) is 0. The molecule has 18 heavy (non-hydrogen) atoms. The molecule has 6 heteroatoms. The largest absolute Gasteiger partial charge is 0.368 e. The van der Waals surface area contributed by atoms with Gasteiger partial charge in [-0.1, -0.05) is 0 Å². The third-order valence-corrected chi connectivity index (χ3v) is 2.76. The van der Waals surface area contributed by atoms with Gasteiger partial charge in [-0.05, 0) is 35.8 Å². The lowest BCUT2D eigenvalue weighted by atomic mass is 10.2. The third-order valence-electron chi connectivity index (χ3n) is 2.32. The molecule has 0 aromatic carbocycles. The number of aromatic nitrogens is 3. The van der Waals surface area contributed by atoms with Gasteiger partial charge in [-0.25, -0.2) is 14.4 Å². The minimum absolute atomic E-state index is 0.222. The van der Waals surface area contributed by atoms with Crippen LogP contribution in [0.5, 0.6) is 0 Å². The second kappa shape index (κ2) is 5.39. The lowest BCUT2D eigenvalue weighted by molar-refractivity contribution is 0.606. The second-order valence-corrected chi connectivity index (χ2v) is 4.63. The zero-order valence-corrected chi connectivity index (χ0v) is 11.6. The van der Waals surface area contributed by atoms with Crippen molar-refractivity contribution in [3.63, 3.8) is 0 Å². The van der Waals surface area contributed by atoms with Crippen LogP contribution in [0.25, 0.3) is 11.4 Å². The van der Waals surface area contributed by atoms with Gasteiger partial charge in [0, 0.05) is 29.0 Å². The Morgan fingerprint density at radius 1 is 1.33 bits per heavy atom. The molecule has 0 bridgehead atoms. The van der Waals surface area contributed by atoms with E-state index in [4.69, 9.17) is 0 Å². The van der Waals surface area contributed by atoms with E-state index in [0.717, 1.165) is 10.0 Å². The van der Waals surface area contributed by atoms with E-state index in [1.54, 1.807) is 19.3 Å². The number of rotatable bonds is 3. The molecule has 2 heterocycles. The van der Waals surface area contributed by atoms with Gasteiger partial charge in [0.2, 0.25) is 0 Å². The van der Waals surface area contributed by atoms with Gasteiger partial charge in [0.05, 0.1) is 5.69 Å². The third kappa shape index (κ3) is 2.64. The molecule has 2 rings (SSSR count). The van der Waals surface area contributed by atoms with E-state index in [0.29, 0.717) is 18.1 Å². The number of hydrogen-bond acceptors (Lipinski definition) is 4. The minimum Gasteiger partial charge on any atom is -0.368 e. The van der Waals surface area contributed by atoms with Crippen molar-refractivity contribution in [1.29, 1.82) is 0 Å². The fourth-order valence-corrected chi connectivity index (χ4v) is 1.87. The van der Waals surface area contributed by atoms with Crippen molar-refractivity contribution in [3.05, 3.63) is 34.4 Å². The predicted octanol–water partition coefficient (Wildman–Crippen LogP) is 3.18. The van der Waals surface area contributed by atoms with Gasteiger partial charge < -0.3 is 5.32 Å². The van der Waals surface area contributed by atoms with Crippen molar-refractivity contribution in [2.45, 2.75) is 13.8 Å². The van der Waals surface area contributed by atoms with Gasteiger partial charge in [-0.15, -0.1) is 0 Å². The van der Waals surface area contributed by atoms with E-state index in [2.05, 4.69) is 36.2 Å². The first-order valence-corrected chi connectivity index (χ1v) is 6.30. The summed E-state index contributed by atoms with van der Waals surface area (Å²) >= 11 is 3.33. The van der Waals surface area contributed by atoms with Gasteiger partial charge in [-0.3, -0.25) is 4.98 Å². The van der Waals surface area contributed by atoms with E-state index in [1.165, 1.54) is 0 Å². The molecule has 0 aliphatic carbocycles. The molecule has 94 valence electrons. The van der Waals surface area contributed by atoms with Crippen molar-refractivity contribution < 1.29 is 4.39 Å². The van der Waals surface area contributed by atoms with Crippen molar-refractivity contribution in [1.82, 2.24) is 15.0 Å².